The Bertz CT molecular complexity index is 1010. The Hall–Kier alpha value is -3.22. The van der Waals surface area contributed by atoms with Gasteiger partial charge in [-0.05, 0) is 41.8 Å². The third-order valence-corrected chi connectivity index (χ3v) is 5.73. The van der Waals surface area contributed by atoms with Gasteiger partial charge in [0.15, 0.2) is 0 Å². The highest BCUT2D eigenvalue weighted by Crippen LogP contribution is 2.32. The smallest absolute Gasteiger partial charge is 0.312 e. The predicted molar refractivity (Wildman–Crippen MR) is 104 cm³/mol. The molecule has 2 aromatic carbocycles. The van der Waals surface area contributed by atoms with Crippen LogP contribution in [0.1, 0.15) is 29.0 Å². The first-order chi connectivity index (χ1) is 13.8. The Morgan fingerprint density at radius 2 is 1.90 bits per heavy atom. The number of carbonyl (C=O) groups is 3. The van der Waals surface area contributed by atoms with Crippen molar-refractivity contribution in [1.82, 2.24) is 4.90 Å². The zero-order chi connectivity index (χ0) is 20.7. The van der Waals surface area contributed by atoms with Crippen molar-refractivity contribution in [3.63, 3.8) is 0 Å². The van der Waals surface area contributed by atoms with Gasteiger partial charge in [-0.25, -0.2) is 4.39 Å². The second-order valence-corrected chi connectivity index (χ2v) is 7.65. The molecular formula is C22H21FN2O4. The minimum Gasteiger partial charge on any atom is -0.481 e. The predicted octanol–water partition coefficient (Wildman–Crippen LogP) is 2.70. The quantitative estimate of drug-likeness (QED) is 0.865. The summed E-state index contributed by atoms with van der Waals surface area (Å²) < 4.78 is 13.5. The number of carboxylic acids is 1. The number of carbonyl (C=O) groups excluding carboxylic acids is 2. The van der Waals surface area contributed by atoms with E-state index in [9.17, 15) is 23.9 Å². The molecule has 0 radical (unpaired) electrons. The number of anilines is 1. The summed E-state index contributed by atoms with van der Waals surface area (Å²) in [6, 6.07) is 11.7. The lowest BCUT2D eigenvalue weighted by atomic mass is 9.89. The summed E-state index contributed by atoms with van der Waals surface area (Å²) in [6.07, 6.45) is 0.0607. The number of hydrogen-bond donors (Lipinski definition) is 1. The van der Waals surface area contributed by atoms with Crippen molar-refractivity contribution >= 4 is 23.5 Å². The molecule has 0 spiro atoms. The SMILES string of the molecule is Cc1cc(N2CC(C(=O)N3Cc4ccccc4C(C(=O)O)C3)CC2=O)ccc1F. The summed E-state index contributed by atoms with van der Waals surface area (Å²) in [7, 11) is 0. The third-order valence-electron chi connectivity index (χ3n) is 5.73. The number of hydrogen-bond acceptors (Lipinski definition) is 3. The molecule has 0 aliphatic carbocycles. The molecule has 1 saturated heterocycles. The van der Waals surface area contributed by atoms with Gasteiger partial charge in [0.2, 0.25) is 11.8 Å². The molecule has 4 rings (SSSR count). The van der Waals surface area contributed by atoms with Gasteiger partial charge in [0.05, 0.1) is 11.8 Å². The summed E-state index contributed by atoms with van der Waals surface area (Å²) in [5.74, 6) is -3.06. The van der Waals surface area contributed by atoms with Gasteiger partial charge in [-0.2, -0.15) is 0 Å². The first-order valence-corrected chi connectivity index (χ1v) is 9.51. The van der Waals surface area contributed by atoms with Crippen LogP contribution in [0.4, 0.5) is 10.1 Å². The number of rotatable bonds is 3. The van der Waals surface area contributed by atoms with E-state index in [1.165, 1.54) is 17.0 Å². The van der Waals surface area contributed by atoms with Gasteiger partial charge in [0, 0.05) is 31.7 Å². The van der Waals surface area contributed by atoms with Gasteiger partial charge in [0.1, 0.15) is 5.82 Å². The van der Waals surface area contributed by atoms with E-state index in [0.717, 1.165) is 11.1 Å². The number of carboxylic acid groups (broad SMARTS) is 1. The number of halogens is 1. The van der Waals surface area contributed by atoms with Crippen molar-refractivity contribution in [2.75, 3.05) is 18.0 Å². The Morgan fingerprint density at radius 3 is 2.62 bits per heavy atom. The molecule has 0 saturated carbocycles. The van der Waals surface area contributed by atoms with Crippen LogP contribution in [0, 0.1) is 18.7 Å². The maximum absolute atomic E-state index is 13.5. The Balaban J connectivity index is 1.54. The van der Waals surface area contributed by atoms with Crippen molar-refractivity contribution in [2.24, 2.45) is 5.92 Å². The molecule has 2 aliphatic heterocycles. The number of fused-ring (bicyclic) bond motifs is 1. The first-order valence-electron chi connectivity index (χ1n) is 9.51. The van der Waals surface area contributed by atoms with Gasteiger partial charge < -0.3 is 14.9 Å². The summed E-state index contributed by atoms with van der Waals surface area (Å²) in [5.41, 5.74) is 2.54. The number of benzene rings is 2. The number of aliphatic carboxylic acids is 1. The molecule has 1 fully saturated rings. The minimum atomic E-state index is -0.971. The maximum atomic E-state index is 13.5. The molecule has 0 bridgehead atoms. The fourth-order valence-corrected chi connectivity index (χ4v) is 4.16. The Kier molecular flexibility index (Phi) is 4.82. The summed E-state index contributed by atoms with van der Waals surface area (Å²) in [6.45, 7) is 2.25. The van der Waals surface area contributed by atoms with Crippen molar-refractivity contribution < 1.29 is 23.9 Å². The fourth-order valence-electron chi connectivity index (χ4n) is 4.16. The molecule has 2 amide bonds. The third kappa shape index (κ3) is 3.48. The monoisotopic (exact) mass is 396 g/mol. The van der Waals surface area contributed by atoms with Crippen LogP contribution in [-0.4, -0.2) is 40.9 Å². The van der Waals surface area contributed by atoms with E-state index in [4.69, 9.17) is 0 Å². The van der Waals surface area contributed by atoms with Gasteiger partial charge in [-0.15, -0.1) is 0 Å². The lowest BCUT2D eigenvalue weighted by molar-refractivity contribution is -0.142. The van der Waals surface area contributed by atoms with Crippen molar-refractivity contribution in [2.45, 2.75) is 25.8 Å². The number of amides is 2. The van der Waals surface area contributed by atoms with Crippen LogP contribution in [0.3, 0.4) is 0 Å². The van der Waals surface area contributed by atoms with E-state index in [0.29, 0.717) is 17.8 Å². The van der Waals surface area contributed by atoms with Crippen LogP contribution in [0.25, 0.3) is 0 Å². The minimum absolute atomic E-state index is 0.0607. The number of aryl methyl sites for hydroxylation is 1. The Labute approximate surface area is 167 Å². The van der Waals surface area contributed by atoms with Crippen molar-refractivity contribution in [1.29, 1.82) is 0 Å². The zero-order valence-corrected chi connectivity index (χ0v) is 16.0. The van der Waals surface area contributed by atoms with E-state index in [1.807, 2.05) is 12.1 Å². The molecule has 2 unspecified atom stereocenters. The molecule has 2 aromatic rings. The number of nitrogens with zero attached hydrogens (tertiary/aromatic N) is 2. The molecule has 0 aromatic heterocycles. The van der Waals surface area contributed by atoms with Gasteiger partial charge in [0.25, 0.3) is 0 Å². The van der Waals surface area contributed by atoms with Crippen LogP contribution in [0.15, 0.2) is 42.5 Å². The van der Waals surface area contributed by atoms with Crippen LogP contribution in [0.5, 0.6) is 0 Å². The maximum Gasteiger partial charge on any atom is 0.312 e. The largest absolute Gasteiger partial charge is 0.481 e. The van der Waals surface area contributed by atoms with Crippen LogP contribution >= 0.6 is 0 Å². The van der Waals surface area contributed by atoms with E-state index in [2.05, 4.69) is 0 Å². The Morgan fingerprint density at radius 1 is 1.14 bits per heavy atom. The standard InChI is InChI=1S/C22H21FN2O4/c1-13-8-16(6-7-19(13)23)25-11-15(9-20(25)26)21(27)24-10-14-4-2-3-5-17(14)18(12-24)22(28)29/h2-8,15,18H,9-12H2,1H3,(H,28,29). The average Bonchev–Trinajstić information content (AvgIpc) is 3.10. The molecule has 6 nitrogen and oxygen atoms in total. The van der Waals surface area contributed by atoms with E-state index in [-0.39, 0.29) is 37.1 Å². The fraction of sp³-hybridized carbons (Fsp3) is 0.318. The molecular weight excluding hydrogens is 375 g/mol. The van der Waals surface area contributed by atoms with Gasteiger partial charge in [-0.3, -0.25) is 14.4 Å². The highest BCUT2D eigenvalue weighted by atomic mass is 19.1. The van der Waals surface area contributed by atoms with Crippen LogP contribution < -0.4 is 4.90 Å². The van der Waals surface area contributed by atoms with E-state index >= 15 is 0 Å². The summed E-state index contributed by atoms with van der Waals surface area (Å²) >= 11 is 0. The second kappa shape index (κ2) is 7.31. The molecule has 29 heavy (non-hydrogen) atoms. The lowest BCUT2D eigenvalue weighted by Gasteiger charge is -2.34. The van der Waals surface area contributed by atoms with Crippen LogP contribution in [-0.2, 0) is 20.9 Å². The first kappa shape index (κ1) is 19.1. The van der Waals surface area contributed by atoms with Crippen LogP contribution in [0.2, 0.25) is 0 Å². The lowest BCUT2D eigenvalue weighted by Crippen LogP contribution is -2.43. The second-order valence-electron chi connectivity index (χ2n) is 7.65. The molecule has 7 heteroatoms. The van der Waals surface area contributed by atoms with Crippen molar-refractivity contribution in [3.8, 4) is 0 Å². The van der Waals surface area contributed by atoms with Gasteiger partial charge in [-0.1, -0.05) is 24.3 Å². The molecule has 2 heterocycles. The molecule has 1 N–H and O–H groups in total. The van der Waals surface area contributed by atoms with Crippen molar-refractivity contribution in [3.05, 3.63) is 65.0 Å². The molecule has 150 valence electrons. The summed E-state index contributed by atoms with van der Waals surface area (Å²) in [5, 5.41) is 9.60. The van der Waals surface area contributed by atoms with E-state index < -0.39 is 17.8 Å². The van der Waals surface area contributed by atoms with Gasteiger partial charge >= 0.3 is 5.97 Å². The summed E-state index contributed by atoms with van der Waals surface area (Å²) in [4.78, 5) is 40.4. The zero-order valence-electron chi connectivity index (χ0n) is 16.0. The molecule has 2 aliphatic rings. The topological polar surface area (TPSA) is 77.9 Å². The highest BCUT2D eigenvalue weighted by molar-refractivity contribution is 6.00. The highest BCUT2D eigenvalue weighted by Gasteiger charge is 2.40. The van der Waals surface area contributed by atoms with E-state index in [1.54, 1.807) is 30.0 Å². The average molecular weight is 396 g/mol. The molecule has 2 atom stereocenters. The normalized spacial score (nSPS) is 21.2.